The maximum atomic E-state index is 14.7. The van der Waals surface area contributed by atoms with E-state index < -0.39 is 74.6 Å². The van der Waals surface area contributed by atoms with Gasteiger partial charge in [-0.05, 0) is 62.8 Å². The van der Waals surface area contributed by atoms with E-state index in [9.17, 15) is 29.0 Å². The lowest BCUT2D eigenvalue weighted by Crippen LogP contribution is -2.46. The molecule has 6 rings (SSSR count). The second kappa shape index (κ2) is 15.9. The molecule has 0 bridgehead atoms. The van der Waals surface area contributed by atoms with Crippen LogP contribution in [0.3, 0.4) is 0 Å². The number of nitrogens with zero attached hydrogens (tertiary/aromatic N) is 4. The molecule has 3 heterocycles. The molecule has 2 saturated carbocycles. The van der Waals surface area contributed by atoms with Crippen molar-refractivity contribution >= 4 is 43.0 Å². The summed E-state index contributed by atoms with van der Waals surface area (Å²) in [7, 11) is -4.70. The van der Waals surface area contributed by atoms with Crippen molar-refractivity contribution in [2.24, 2.45) is 0 Å². The maximum absolute atomic E-state index is 14.7. The molecule has 3 aromatic rings. The first-order valence-electron chi connectivity index (χ1n) is 17.1. The SMILES string of the molecule is CC(=O)O[C@H]1[C@@H](OC(C)=O)[C@](C#N)(c2ccc3c(N)ncnn23)O[C@@H]1CO[P@@](=O)(N[C@@H](CC(=O)OC1CCC1)C(=O)OC1CCC1)Oc1ccccc1. The number of ether oxygens (including phenoxy) is 5. The van der Waals surface area contributed by atoms with Crippen LogP contribution >= 0.6 is 7.75 Å². The lowest BCUT2D eigenvalue weighted by molar-refractivity contribution is -0.166. The van der Waals surface area contributed by atoms with Gasteiger partial charge in [0.25, 0.3) is 0 Å². The van der Waals surface area contributed by atoms with Gasteiger partial charge in [-0.2, -0.15) is 15.4 Å². The van der Waals surface area contributed by atoms with Gasteiger partial charge in [-0.1, -0.05) is 18.2 Å². The number of hydrogen-bond donors (Lipinski definition) is 2. The number of nitriles is 1. The molecule has 1 aromatic carbocycles. The van der Waals surface area contributed by atoms with E-state index in [4.69, 9.17) is 38.5 Å². The number of carbonyl (C=O) groups is 4. The topological polar surface area (TPSA) is 242 Å². The Morgan fingerprint density at radius 1 is 1.02 bits per heavy atom. The largest absolute Gasteiger partial charge is 0.462 e. The van der Waals surface area contributed by atoms with E-state index in [0.29, 0.717) is 31.2 Å². The monoisotopic (exact) mass is 754 g/mol. The van der Waals surface area contributed by atoms with Gasteiger partial charge in [0.05, 0.1) is 18.7 Å². The molecular weight excluding hydrogens is 715 g/mol. The normalized spacial score (nSPS) is 24.4. The number of benzene rings is 1. The molecule has 0 spiro atoms. The molecule has 2 aromatic heterocycles. The summed E-state index contributed by atoms with van der Waals surface area (Å²) in [6.07, 6.45) is -0.205. The third-order valence-electron chi connectivity index (χ3n) is 9.06. The van der Waals surface area contributed by atoms with E-state index in [2.05, 4.69) is 15.2 Å². The highest BCUT2D eigenvalue weighted by Gasteiger charge is 2.62. The molecule has 3 aliphatic rings. The van der Waals surface area contributed by atoms with Gasteiger partial charge >= 0.3 is 31.6 Å². The van der Waals surface area contributed by atoms with E-state index >= 15 is 0 Å². The average molecular weight is 755 g/mol. The van der Waals surface area contributed by atoms with Gasteiger partial charge in [0, 0.05) is 13.8 Å². The molecule has 19 heteroatoms. The van der Waals surface area contributed by atoms with Crippen molar-refractivity contribution in [1.29, 1.82) is 5.26 Å². The van der Waals surface area contributed by atoms with Gasteiger partial charge in [0.2, 0.25) is 5.60 Å². The fourth-order valence-electron chi connectivity index (χ4n) is 6.05. The molecule has 1 aliphatic heterocycles. The molecule has 0 radical (unpaired) electrons. The zero-order chi connectivity index (χ0) is 37.8. The van der Waals surface area contributed by atoms with E-state index in [1.54, 1.807) is 18.2 Å². The molecule has 282 valence electrons. The van der Waals surface area contributed by atoms with Crippen molar-refractivity contribution in [1.82, 2.24) is 19.7 Å². The molecule has 1 saturated heterocycles. The van der Waals surface area contributed by atoms with Crippen molar-refractivity contribution in [2.45, 2.75) is 101 Å². The Hall–Kier alpha value is -5.08. The lowest BCUT2D eigenvalue weighted by atomic mass is 9.92. The van der Waals surface area contributed by atoms with Crippen LogP contribution in [0.5, 0.6) is 5.75 Å². The van der Waals surface area contributed by atoms with E-state index in [-0.39, 0.29) is 29.5 Å². The Balaban J connectivity index is 1.33. The minimum atomic E-state index is -4.70. The number of aromatic nitrogens is 3. The molecule has 3 fully saturated rings. The van der Waals surface area contributed by atoms with Crippen molar-refractivity contribution in [3.05, 3.63) is 54.5 Å². The second-order valence-corrected chi connectivity index (χ2v) is 14.6. The minimum Gasteiger partial charge on any atom is -0.462 e. The van der Waals surface area contributed by atoms with Crippen LogP contribution in [-0.2, 0) is 57.6 Å². The highest BCUT2D eigenvalue weighted by molar-refractivity contribution is 7.52. The zero-order valence-corrected chi connectivity index (χ0v) is 29.8. The van der Waals surface area contributed by atoms with E-state index in [1.165, 1.54) is 28.8 Å². The van der Waals surface area contributed by atoms with Crippen LogP contribution in [0.25, 0.3) is 5.52 Å². The second-order valence-electron chi connectivity index (χ2n) is 12.9. The summed E-state index contributed by atoms with van der Waals surface area (Å²) in [5, 5.41) is 17.5. The number of para-hydroxylation sites is 1. The molecular formula is C34H39N6O12P. The summed E-state index contributed by atoms with van der Waals surface area (Å²) in [5.74, 6) is -3.11. The first-order chi connectivity index (χ1) is 25.4. The highest BCUT2D eigenvalue weighted by Crippen LogP contribution is 2.49. The highest BCUT2D eigenvalue weighted by atomic mass is 31.2. The smallest absolute Gasteiger partial charge is 0.459 e. The predicted octanol–water partition coefficient (Wildman–Crippen LogP) is 3.04. The molecule has 53 heavy (non-hydrogen) atoms. The molecule has 2 aliphatic carbocycles. The van der Waals surface area contributed by atoms with Crippen molar-refractivity contribution in [3.63, 3.8) is 0 Å². The van der Waals surface area contributed by atoms with Crippen molar-refractivity contribution in [3.8, 4) is 11.8 Å². The summed E-state index contributed by atoms with van der Waals surface area (Å²) in [6, 6.07) is 11.4. The van der Waals surface area contributed by atoms with Crippen LogP contribution in [0.15, 0.2) is 48.8 Å². The number of nitrogens with two attached hydrogens (primary N) is 1. The van der Waals surface area contributed by atoms with Crippen LogP contribution in [-0.4, -0.2) is 81.6 Å². The van der Waals surface area contributed by atoms with Crippen LogP contribution in [0.2, 0.25) is 0 Å². The number of anilines is 1. The third kappa shape index (κ3) is 8.44. The standard InChI is InChI=1S/C34H39N6O12P/c1-20(41)47-30-27(51-34(18-35,31(30)48-21(2)42)28-15-14-26-32(36)37-19-38-40(26)28)17-46-53(45,52-24-8-4-3-5-9-24)39-25(33(44)50-23-12-7-13-23)16-29(43)49-22-10-6-11-22/h3-5,8-9,14-15,19,22-23,25,27,30-31H,6-7,10-13,16-17H2,1-2H3,(H,39,45)(H2,36,37,38)/t25-,27+,30+,31+,34-,53-/m0/s1. The van der Waals surface area contributed by atoms with Crippen LogP contribution in [0.1, 0.15) is 64.5 Å². The summed E-state index contributed by atoms with van der Waals surface area (Å²) in [6.45, 7) is 1.47. The molecule has 3 N–H and O–H groups in total. The van der Waals surface area contributed by atoms with Crippen LogP contribution in [0.4, 0.5) is 5.82 Å². The number of nitrogens with one attached hydrogen (secondary N) is 1. The number of carbonyl (C=O) groups excluding carboxylic acids is 4. The average Bonchev–Trinajstić information content (AvgIpc) is 3.64. The third-order valence-corrected chi connectivity index (χ3v) is 10.6. The van der Waals surface area contributed by atoms with Gasteiger partial charge in [-0.3, -0.25) is 23.7 Å². The summed E-state index contributed by atoms with van der Waals surface area (Å²) in [5.41, 5.74) is 4.18. The zero-order valence-electron chi connectivity index (χ0n) is 29.0. The first kappa shape index (κ1) is 37.7. The van der Waals surface area contributed by atoms with Gasteiger partial charge in [-0.25, -0.2) is 14.1 Å². The number of esters is 4. The molecule has 6 atom stereocenters. The maximum Gasteiger partial charge on any atom is 0.459 e. The van der Waals surface area contributed by atoms with Crippen LogP contribution in [0, 0.1) is 11.3 Å². The van der Waals surface area contributed by atoms with Gasteiger partial charge in [-0.15, -0.1) is 0 Å². The Labute approximate surface area is 303 Å². The molecule has 0 unspecified atom stereocenters. The van der Waals surface area contributed by atoms with E-state index in [0.717, 1.165) is 33.0 Å². The minimum absolute atomic E-state index is 0.0422. The Bertz CT molecular complexity index is 1930. The molecule has 0 amide bonds. The van der Waals surface area contributed by atoms with Gasteiger partial charge in [0.15, 0.2) is 18.0 Å². The van der Waals surface area contributed by atoms with Crippen molar-refractivity contribution in [2.75, 3.05) is 12.3 Å². The Morgan fingerprint density at radius 2 is 1.70 bits per heavy atom. The summed E-state index contributed by atoms with van der Waals surface area (Å²) >= 11 is 0. The number of hydrogen-bond acceptors (Lipinski definition) is 16. The first-order valence-corrected chi connectivity index (χ1v) is 18.6. The predicted molar refractivity (Wildman–Crippen MR) is 180 cm³/mol. The lowest BCUT2D eigenvalue weighted by Gasteiger charge is -2.30. The van der Waals surface area contributed by atoms with Gasteiger partial charge in [0.1, 0.15) is 48.0 Å². The summed E-state index contributed by atoms with van der Waals surface area (Å²) in [4.78, 5) is 55.2. The van der Waals surface area contributed by atoms with Crippen LogP contribution < -0.4 is 15.3 Å². The number of fused-ring (bicyclic) bond motifs is 1. The van der Waals surface area contributed by atoms with Crippen molar-refractivity contribution < 1.29 is 56.5 Å². The number of nitrogen functional groups attached to an aromatic ring is 1. The number of rotatable bonds is 15. The fraction of sp³-hybridized carbons (Fsp3) is 0.500. The molecule has 18 nitrogen and oxygen atoms in total. The summed E-state index contributed by atoms with van der Waals surface area (Å²) < 4.78 is 56.2. The fourth-order valence-corrected chi connectivity index (χ4v) is 7.55. The Kier molecular flexibility index (Phi) is 11.3. The quantitative estimate of drug-likeness (QED) is 0.129. The Morgan fingerprint density at radius 3 is 2.32 bits per heavy atom. The van der Waals surface area contributed by atoms with Gasteiger partial charge < -0.3 is 33.9 Å². The van der Waals surface area contributed by atoms with E-state index in [1.807, 2.05) is 6.07 Å².